The van der Waals surface area contributed by atoms with Crippen LogP contribution in [0.3, 0.4) is 0 Å². The molecule has 1 saturated carbocycles. The Kier molecular flexibility index (Phi) is 1.57. The Bertz CT molecular complexity index is 190. The molecule has 0 spiro atoms. The van der Waals surface area contributed by atoms with Gasteiger partial charge < -0.3 is 5.11 Å². The lowest BCUT2D eigenvalue weighted by Gasteiger charge is -2.24. The average Bonchev–Trinajstić information content (AvgIpc) is 2.55. The highest BCUT2D eigenvalue weighted by molar-refractivity contribution is 5.74. The van der Waals surface area contributed by atoms with Crippen molar-refractivity contribution in [3.05, 3.63) is 12.2 Å². The Morgan fingerprint density at radius 3 is 2.64 bits per heavy atom. The zero-order valence-corrected chi connectivity index (χ0v) is 6.53. The third kappa shape index (κ3) is 1.11. The minimum Gasteiger partial charge on any atom is -0.366 e. The highest BCUT2D eigenvalue weighted by Gasteiger charge is 2.36. The van der Waals surface area contributed by atoms with Gasteiger partial charge >= 0.3 is 0 Å². The second kappa shape index (κ2) is 2.45. The van der Waals surface area contributed by atoms with Gasteiger partial charge in [0.15, 0.2) is 5.72 Å². The van der Waals surface area contributed by atoms with E-state index in [1.807, 2.05) is 12.2 Å². The van der Waals surface area contributed by atoms with Crippen LogP contribution < -0.4 is 0 Å². The van der Waals surface area contributed by atoms with Gasteiger partial charge in [-0.3, -0.25) is 4.99 Å². The lowest BCUT2D eigenvalue weighted by atomic mass is 9.95. The third-order valence-electron chi connectivity index (χ3n) is 2.66. The average molecular weight is 151 g/mol. The first-order chi connectivity index (χ1) is 5.31. The largest absolute Gasteiger partial charge is 0.366 e. The van der Waals surface area contributed by atoms with Gasteiger partial charge in [-0.25, -0.2) is 0 Å². The third-order valence-corrected chi connectivity index (χ3v) is 2.66. The van der Waals surface area contributed by atoms with Crippen LogP contribution in [0.4, 0.5) is 0 Å². The monoisotopic (exact) mass is 151 g/mol. The molecule has 0 aromatic heterocycles. The van der Waals surface area contributed by atoms with Gasteiger partial charge in [-0.05, 0) is 25.0 Å². The molecule has 1 fully saturated rings. The van der Waals surface area contributed by atoms with E-state index in [9.17, 15) is 5.11 Å². The Morgan fingerprint density at radius 1 is 1.36 bits per heavy atom. The van der Waals surface area contributed by atoms with Gasteiger partial charge in [0.2, 0.25) is 0 Å². The standard InChI is InChI=1S/C9H13NO/c11-9(6-3-7-10-9)8-4-1-2-5-8/h3,6-8,11H,1-2,4-5H2. The van der Waals surface area contributed by atoms with Crippen LogP contribution in [0.15, 0.2) is 17.1 Å². The quantitative estimate of drug-likeness (QED) is 0.605. The van der Waals surface area contributed by atoms with Crippen molar-refractivity contribution < 1.29 is 5.11 Å². The molecule has 0 bridgehead atoms. The molecule has 0 aromatic rings. The summed E-state index contributed by atoms with van der Waals surface area (Å²) in [6.45, 7) is 0. The number of nitrogens with zero attached hydrogens (tertiary/aromatic N) is 1. The van der Waals surface area contributed by atoms with Crippen LogP contribution in [-0.4, -0.2) is 17.0 Å². The molecule has 1 aliphatic heterocycles. The molecule has 0 amide bonds. The fraction of sp³-hybridized carbons (Fsp3) is 0.667. The Labute approximate surface area is 66.6 Å². The zero-order chi connectivity index (χ0) is 7.73. The zero-order valence-electron chi connectivity index (χ0n) is 6.53. The number of allylic oxidation sites excluding steroid dienone is 1. The fourth-order valence-electron chi connectivity index (χ4n) is 1.98. The molecule has 1 N–H and O–H groups in total. The van der Waals surface area contributed by atoms with Gasteiger partial charge in [0.1, 0.15) is 0 Å². The summed E-state index contributed by atoms with van der Waals surface area (Å²) < 4.78 is 0. The van der Waals surface area contributed by atoms with Crippen LogP contribution in [0.2, 0.25) is 0 Å². The van der Waals surface area contributed by atoms with E-state index in [1.165, 1.54) is 12.8 Å². The maximum absolute atomic E-state index is 9.91. The predicted octanol–water partition coefficient (Wildman–Crippen LogP) is 1.51. The van der Waals surface area contributed by atoms with Gasteiger partial charge in [0.05, 0.1) is 0 Å². The summed E-state index contributed by atoms with van der Waals surface area (Å²) in [6.07, 6.45) is 10.1. The lowest BCUT2D eigenvalue weighted by molar-refractivity contribution is 0.0425. The van der Waals surface area contributed by atoms with Gasteiger partial charge in [0.25, 0.3) is 0 Å². The van der Waals surface area contributed by atoms with E-state index in [0.29, 0.717) is 5.92 Å². The second-order valence-electron chi connectivity index (χ2n) is 3.40. The molecule has 0 aromatic carbocycles. The first-order valence-corrected chi connectivity index (χ1v) is 4.27. The van der Waals surface area contributed by atoms with Crippen molar-refractivity contribution in [2.75, 3.05) is 0 Å². The molecular formula is C9H13NO. The Morgan fingerprint density at radius 2 is 2.09 bits per heavy atom. The first kappa shape index (κ1) is 7.04. The number of rotatable bonds is 1. The van der Waals surface area contributed by atoms with E-state index in [-0.39, 0.29) is 0 Å². The number of hydrogen-bond acceptors (Lipinski definition) is 2. The highest BCUT2D eigenvalue weighted by atomic mass is 16.3. The van der Waals surface area contributed by atoms with Gasteiger partial charge in [-0.2, -0.15) is 0 Å². The van der Waals surface area contributed by atoms with Gasteiger partial charge in [0, 0.05) is 12.1 Å². The van der Waals surface area contributed by atoms with E-state index in [1.54, 1.807) is 6.21 Å². The van der Waals surface area contributed by atoms with Crippen LogP contribution in [0.25, 0.3) is 0 Å². The van der Waals surface area contributed by atoms with Crippen LogP contribution in [0.1, 0.15) is 25.7 Å². The molecule has 11 heavy (non-hydrogen) atoms. The van der Waals surface area contributed by atoms with Crippen molar-refractivity contribution in [2.24, 2.45) is 10.9 Å². The van der Waals surface area contributed by atoms with Gasteiger partial charge in [-0.15, -0.1) is 0 Å². The lowest BCUT2D eigenvalue weighted by Crippen LogP contribution is -2.30. The van der Waals surface area contributed by atoms with Gasteiger partial charge in [-0.1, -0.05) is 12.8 Å². The van der Waals surface area contributed by atoms with Crippen molar-refractivity contribution in [1.82, 2.24) is 0 Å². The maximum Gasteiger partial charge on any atom is 0.178 e. The normalized spacial score (nSPS) is 37.2. The summed E-state index contributed by atoms with van der Waals surface area (Å²) in [5.41, 5.74) is -0.837. The van der Waals surface area contributed by atoms with E-state index in [2.05, 4.69) is 4.99 Å². The van der Waals surface area contributed by atoms with Crippen LogP contribution in [0.5, 0.6) is 0 Å². The minimum absolute atomic E-state index is 0.373. The minimum atomic E-state index is -0.837. The topological polar surface area (TPSA) is 32.6 Å². The summed E-state index contributed by atoms with van der Waals surface area (Å²) >= 11 is 0. The molecule has 60 valence electrons. The molecule has 2 nitrogen and oxygen atoms in total. The number of aliphatic hydroxyl groups is 1. The smallest absolute Gasteiger partial charge is 0.178 e. The molecule has 2 heteroatoms. The molecule has 2 rings (SSSR count). The Balaban J connectivity index is 2.13. The highest BCUT2D eigenvalue weighted by Crippen LogP contribution is 2.36. The SMILES string of the molecule is OC1(C2CCCC2)C=CC=N1. The van der Waals surface area contributed by atoms with Crippen molar-refractivity contribution >= 4 is 6.21 Å². The van der Waals surface area contributed by atoms with Crippen LogP contribution >= 0.6 is 0 Å². The summed E-state index contributed by atoms with van der Waals surface area (Å²) in [4.78, 5) is 4.07. The molecule has 1 heterocycles. The maximum atomic E-state index is 9.91. The number of hydrogen-bond donors (Lipinski definition) is 1. The molecule has 1 unspecified atom stereocenters. The summed E-state index contributed by atoms with van der Waals surface area (Å²) in [6, 6.07) is 0. The number of aliphatic imine (C=N–C) groups is 1. The van der Waals surface area contributed by atoms with E-state index >= 15 is 0 Å². The van der Waals surface area contributed by atoms with Crippen LogP contribution in [-0.2, 0) is 0 Å². The second-order valence-corrected chi connectivity index (χ2v) is 3.40. The summed E-state index contributed by atoms with van der Waals surface area (Å²) in [7, 11) is 0. The molecule has 2 aliphatic rings. The molecule has 0 radical (unpaired) electrons. The van der Waals surface area contributed by atoms with E-state index in [4.69, 9.17) is 0 Å². The van der Waals surface area contributed by atoms with E-state index in [0.717, 1.165) is 12.8 Å². The summed E-state index contributed by atoms with van der Waals surface area (Å²) in [5.74, 6) is 0.373. The van der Waals surface area contributed by atoms with Crippen LogP contribution in [0, 0.1) is 5.92 Å². The molecule has 0 saturated heterocycles. The molecule has 1 atom stereocenters. The van der Waals surface area contributed by atoms with E-state index < -0.39 is 5.72 Å². The van der Waals surface area contributed by atoms with Crippen molar-refractivity contribution in [2.45, 2.75) is 31.4 Å². The first-order valence-electron chi connectivity index (χ1n) is 4.27. The van der Waals surface area contributed by atoms with Crippen molar-refractivity contribution in [1.29, 1.82) is 0 Å². The fourth-order valence-corrected chi connectivity index (χ4v) is 1.98. The molecule has 1 aliphatic carbocycles. The summed E-state index contributed by atoms with van der Waals surface area (Å²) in [5, 5.41) is 9.91. The van der Waals surface area contributed by atoms with Crippen molar-refractivity contribution in [3.63, 3.8) is 0 Å². The molecular weight excluding hydrogens is 138 g/mol. The van der Waals surface area contributed by atoms with Crippen molar-refractivity contribution in [3.8, 4) is 0 Å². The Hall–Kier alpha value is -0.630. The predicted molar refractivity (Wildman–Crippen MR) is 44.5 cm³/mol.